The van der Waals surface area contributed by atoms with Crippen molar-refractivity contribution in [3.8, 4) is 0 Å². The Morgan fingerprint density at radius 3 is 2.50 bits per heavy atom. The topological polar surface area (TPSA) is 38.3 Å². The van der Waals surface area contributed by atoms with Crippen molar-refractivity contribution >= 4 is 11.7 Å². The van der Waals surface area contributed by atoms with Crippen LogP contribution in [0.1, 0.15) is 71.2 Å². The standard InChI is InChI=1S/C21H33NO2/c1-14(2)16-12-11-15(3)13-19(16)24-20(23)17-9-7-8-10-18(17)22-21(4,5)6/h7-10,14-16,19,22H,11-13H2,1-6H3/t15-,16+,19-/m1/s1. The largest absolute Gasteiger partial charge is 0.458 e. The predicted molar refractivity (Wildman–Crippen MR) is 100 cm³/mol. The third-order valence-corrected chi connectivity index (χ3v) is 4.88. The quantitative estimate of drug-likeness (QED) is 0.739. The molecule has 0 radical (unpaired) electrons. The zero-order chi connectivity index (χ0) is 17.9. The molecule has 0 aliphatic heterocycles. The van der Waals surface area contributed by atoms with Gasteiger partial charge in [-0.05, 0) is 63.5 Å². The van der Waals surface area contributed by atoms with Crippen molar-refractivity contribution in [2.24, 2.45) is 17.8 Å². The average molecular weight is 332 g/mol. The number of carbonyl (C=O) groups excluding carboxylic acids is 1. The molecule has 1 aliphatic rings. The van der Waals surface area contributed by atoms with Crippen molar-refractivity contribution in [3.05, 3.63) is 29.8 Å². The molecule has 1 aromatic rings. The maximum atomic E-state index is 12.8. The molecular formula is C21H33NO2. The summed E-state index contributed by atoms with van der Waals surface area (Å²) in [5, 5.41) is 3.41. The number of hydrogen-bond donors (Lipinski definition) is 1. The molecule has 1 N–H and O–H groups in total. The number of benzene rings is 1. The Morgan fingerprint density at radius 1 is 1.21 bits per heavy atom. The minimum absolute atomic E-state index is 0.0314. The van der Waals surface area contributed by atoms with E-state index in [1.54, 1.807) is 0 Å². The van der Waals surface area contributed by atoms with E-state index in [9.17, 15) is 4.79 Å². The molecule has 1 aromatic carbocycles. The van der Waals surface area contributed by atoms with Gasteiger partial charge in [-0.2, -0.15) is 0 Å². The summed E-state index contributed by atoms with van der Waals surface area (Å²) in [4.78, 5) is 12.8. The van der Waals surface area contributed by atoms with Crippen LogP contribution < -0.4 is 5.32 Å². The van der Waals surface area contributed by atoms with Gasteiger partial charge in [0.05, 0.1) is 5.56 Å². The van der Waals surface area contributed by atoms with Gasteiger partial charge in [-0.15, -0.1) is 0 Å². The van der Waals surface area contributed by atoms with Crippen molar-refractivity contribution < 1.29 is 9.53 Å². The monoisotopic (exact) mass is 331 g/mol. The maximum Gasteiger partial charge on any atom is 0.340 e. The molecule has 1 saturated carbocycles. The first-order chi connectivity index (χ1) is 11.2. The summed E-state index contributed by atoms with van der Waals surface area (Å²) in [6.45, 7) is 13.0. The molecule has 3 atom stereocenters. The Morgan fingerprint density at radius 2 is 1.88 bits per heavy atom. The van der Waals surface area contributed by atoms with Crippen molar-refractivity contribution in [2.45, 2.75) is 72.4 Å². The molecule has 1 aliphatic carbocycles. The van der Waals surface area contributed by atoms with E-state index in [0.717, 1.165) is 18.5 Å². The van der Waals surface area contributed by atoms with Gasteiger partial charge in [0.2, 0.25) is 0 Å². The number of hydrogen-bond acceptors (Lipinski definition) is 3. The van der Waals surface area contributed by atoms with Crippen LogP contribution in [0.4, 0.5) is 5.69 Å². The van der Waals surface area contributed by atoms with Crippen LogP contribution in [0.3, 0.4) is 0 Å². The Hall–Kier alpha value is -1.51. The van der Waals surface area contributed by atoms with E-state index >= 15 is 0 Å². The van der Waals surface area contributed by atoms with Gasteiger partial charge in [-0.3, -0.25) is 0 Å². The Labute approximate surface area is 147 Å². The highest BCUT2D eigenvalue weighted by molar-refractivity contribution is 5.95. The van der Waals surface area contributed by atoms with E-state index in [2.05, 4.69) is 46.9 Å². The van der Waals surface area contributed by atoms with Crippen LogP contribution in [0.5, 0.6) is 0 Å². The zero-order valence-corrected chi connectivity index (χ0v) is 16.1. The molecule has 0 saturated heterocycles. The van der Waals surface area contributed by atoms with E-state index in [1.807, 2.05) is 24.3 Å². The number of carbonyl (C=O) groups is 1. The van der Waals surface area contributed by atoms with E-state index in [0.29, 0.717) is 23.3 Å². The molecule has 0 spiro atoms. The van der Waals surface area contributed by atoms with Crippen LogP contribution in [0.2, 0.25) is 0 Å². The fraction of sp³-hybridized carbons (Fsp3) is 0.667. The van der Waals surface area contributed by atoms with Crippen LogP contribution in [0.25, 0.3) is 0 Å². The summed E-state index contributed by atoms with van der Waals surface area (Å²) in [6, 6.07) is 7.65. The fourth-order valence-electron chi connectivity index (χ4n) is 3.63. The molecule has 0 aromatic heterocycles. The van der Waals surface area contributed by atoms with E-state index < -0.39 is 0 Å². The van der Waals surface area contributed by atoms with Crippen molar-refractivity contribution in [1.82, 2.24) is 0 Å². The second-order valence-corrected chi connectivity index (χ2v) is 8.69. The second-order valence-electron chi connectivity index (χ2n) is 8.69. The lowest BCUT2D eigenvalue weighted by molar-refractivity contribution is -0.0173. The molecule has 0 unspecified atom stereocenters. The van der Waals surface area contributed by atoms with Crippen LogP contribution in [0, 0.1) is 17.8 Å². The Kier molecular flexibility index (Phi) is 5.95. The predicted octanol–water partition coefficient (Wildman–Crippen LogP) is 5.51. The minimum Gasteiger partial charge on any atom is -0.458 e. The fourth-order valence-corrected chi connectivity index (χ4v) is 3.63. The van der Waals surface area contributed by atoms with E-state index in [1.165, 1.54) is 6.42 Å². The molecule has 3 nitrogen and oxygen atoms in total. The second kappa shape index (κ2) is 7.58. The Balaban J connectivity index is 2.16. The van der Waals surface area contributed by atoms with Gasteiger partial charge in [0.15, 0.2) is 0 Å². The van der Waals surface area contributed by atoms with Crippen LogP contribution in [0.15, 0.2) is 24.3 Å². The SMILES string of the molecule is CC(C)[C@@H]1CC[C@@H](C)C[C@H]1OC(=O)c1ccccc1NC(C)(C)C. The van der Waals surface area contributed by atoms with Crippen LogP contribution in [-0.4, -0.2) is 17.6 Å². The van der Waals surface area contributed by atoms with Crippen LogP contribution in [-0.2, 0) is 4.74 Å². The first-order valence-electron chi connectivity index (χ1n) is 9.25. The first kappa shape index (κ1) is 18.8. The number of esters is 1. The van der Waals surface area contributed by atoms with E-state index in [4.69, 9.17) is 4.74 Å². The van der Waals surface area contributed by atoms with E-state index in [-0.39, 0.29) is 17.6 Å². The third-order valence-electron chi connectivity index (χ3n) is 4.88. The summed E-state index contributed by atoms with van der Waals surface area (Å²) in [7, 11) is 0. The molecule has 1 fully saturated rings. The third kappa shape index (κ3) is 4.99. The van der Waals surface area contributed by atoms with Gasteiger partial charge in [0, 0.05) is 11.2 Å². The van der Waals surface area contributed by atoms with Gasteiger partial charge in [0.1, 0.15) is 6.10 Å². The zero-order valence-electron chi connectivity index (χ0n) is 16.1. The molecule has 0 bridgehead atoms. The summed E-state index contributed by atoms with van der Waals surface area (Å²) < 4.78 is 6.00. The molecular weight excluding hydrogens is 298 g/mol. The van der Waals surface area contributed by atoms with Crippen LogP contribution >= 0.6 is 0 Å². The number of para-hydroxylation sites is 1. The number of rotatable bonds is 4. The number of anilines is 1. The molecule has 3 heteroatoms. The summed E-state index contributed by atoms with van der Waals surface area (Å²) in [5.41, 5.74) is 1.38. The normalized spacial score (nSPS) is 24.7. The summed E-state index contributed by atoms with van der Waals surface area (Å²) >= 11 is 0. The highest BCUT2D eigenvalue weighted by Gasteiger charge is 2.34. The lowest BCUT2D eigenvalue weighted by Crippen LogP contribution is -2.36. The maximum absolute atomic E-state index is 12.8. The highest BCUT2D eigenvalue weighted by atomic mass is 16.5. The van der Waals surface area contributed by atoms with Crippen molar-refractivity contribution in [3.63, 3.8) is 0 Å². The lowest BCUT2D eigenvalue weighted by Gasteiger charge is -2.36. The van der Waals surface area contributed by atoms with Gasteiger partial charge >= 0.3 is 5.97 Å². The Bertz CT molecular complexity index is 559. The average Bonchev–Trinajstić information content (AvgIpc) is 2.45. The van der Waals surface area contributed by atoms with Gasteiger partial charge < -0.3 is 10.1 Å². The molecule has 24 heavy (non-hydrogen) atoms. The minimum atomic E-state index is -0.202. The van der Waals surface area contributed by atoms with Gasteiger partial charge in [-0.25, -0.2) is 4.79 Å². The van der Waals surface area contributed by atoms with Gasteiger partial charge in [0.25, 0.3) is 0 Å². The summed E-state index contributed by atoms with van der Waals surface area (Å²) in [5.74, 6) is 1.43. The molecule has 2 rings (SSSR count). The first-order valence-corrected chi connectivity index (χ1v) is 9.25. The lowest BCUT2D eigenvalue weighted by atomic mass is 9.75. The smallest absolute Gasteiger partial charge is 0.340 e. The van der Waals surface area contributed by atoms with Crippen molar-refractivity contribution in [2.75, 3.05) is 5.32 Å². The van der Waals surface area contributed by atoms with Gasteiger partial charge in [-0.1, -0.05) is 39.3 Å². The molecule has 0 heterocycles. The highest BCUT2D eigenvalue weighted by Crippen LogP contribution is 2.36. The molecule has 0 amide bonds. The number of nitrogens with one attached hydrogen (secondary N) is 1. The van der Waals surface area contributed by atoms with Crippen molar-refractivity contribution in [1.29, 1.82) is 0 Å². The summed E-state index contributed by atoms with van der Waals surface area (Å²) in [6.07, 6.45) is 3.39. The molecule has 134 valence electrons. The number of ether oxygens (including phenoxy) is 1.